The second-order valence-electron chi connectivity index (χ2n) is 19.5. The SMILES string of the molecule is CC1(C)c2ccccc2-c2ccc(N(c3ccc(-c4cccnc4)cc3)c3ccc4c(c3)C(C)(C)c3cc(-c5c6ccccc6c(-c6cccc7ccccc67)c6ccccc56)ccc3-4)cc21. The topological polar surface area (TPSA) is 16.1 Å². The summed E-state index contributed by atoms with van der Waals surface area (Å²) in [5.41, 5.74) is 21.1. The number of fused-ring (bicyclic) bond motifs is 9. The minimum Gasteiger partial charge on any atom is -0.310 e. The van der Waals surface area contributed by atoms with E-state index in [1.807, 2.05) is 18.5 Å². The molecular weight excluding hydrogens is 809 g/mol. The molecular formula is C65H48N2. The van der Waals surface area contributed by atoms with Gasteiger partial charge in [0, 0.05) is 40.3 Å². The molecule has 318 valence electrons. The zero-order chi connectivity index (χ0) is 45.0. The smallest absolute Gasteiger partial charge is 0.0465 e. The van der Waals surface area contributed by atoms with E-state index < -0.39 is 0 Å². The van der Waals surface area contributed by atoms with Gasteiger partial charge >= 0.3 is 0 Å². The van der Waals surface area contributed by atoms with E-state index in [0.29, 0.717) is 0 Å². The third-order valence-corrected chi connectivity index (χ3v) is 15.1. The van der Waals surface area contributed by atoms with E-state index in [2.05, 4.69) is 238 Å². The highest BCUT2D eigenvalue weighted by Crippen LogP contribution is 2.55. The monoisotopic (exact) mass is 856 g/mol. The number of aromatic nitrogens is 1. The van der Waals surface area contributed by atoms with Crippen LogP contribution in [0.4, 0.5) is 17.1 Å². The van der Waals surface area contributed by atoms with Gasteiger partial charge in [0.15, 0.2) is 0 Å². The third kappa shape index (κ3) is 5.92. The molecule has 0 saturated carbocycles. The molecule has 2 heteroatoms. The van der Waals surface area contributed by atoms with Crippen molar-refractivity contribution in [2.24, 2.45) is 0 Å². The Labute approximate surface area is 392 Å². The number of pyridine rings is 1. The van der Waals surface area contributed by atoms with E-state index in [1.54, 1.807) is 0 Å². The van der Waals surface area contributed by atoms with Gasteiger partial charge in [0.05, 0.1) is 0 Å². The first kappa shape index (κ1) is 39.3. The molecule has 1 aromatic heterocycles. The number of benzene rings is 10. The summed E-state index contributed by atoms with van der Waals surface area (Å²) in [6, 6.07) is 77.0. The Morgan fingerprint density at radius 2 is 0.806 bits per heavy atom. The van der Waals surface area contributed by atoms with Gasteiger partial charge < -0.3 is 4.90 Å². The summed E-state index contributed by atoms with van der Waals surface area (Å²) in [5, 5.41) is 7.61. The first-order valence-electron chi connectivity index (χ1n) is 23.5. The Hall–Kier alpha value is -8.07. The van der Waals surface area contributed by atoms with Crippen molar-refractivity contribution >= 4 is 49.4 Å². The average Bonchev–Trinajstić information content (AvgIpc) is 3.74. The summed E-state index contributed by atoms with van der Waals surface area (Å²) in [7, 11) is 0. The highest BCUT2D eigenvalue weighted by atomic mass is 15.1. The van der Waals surface area contributed by atoms with Crippen LogP contribution in [-0.2, 0) is 10.8 Å². The minimum absolute atomic E-state index is 0.121. The van der Waals surface area contributed by atoms with Gasteiger partial charge in [0.2, 0.25) is 0 Å². The fraction of sp³-hybridized carbons (Fsp3) is 0.0923. The zero-order valence-corrected chi connectivity index (χ0v) is 38.2. The van der Waals surface area contributed by atoms with Crippen LogP contribution in [0.15, 0.2) is 219 Å². The number of hydrogen-bond acceptors (Lipinski definition) is 2. The molecule has 0 amide bonds. The normalized spacial score (nSPS) is 13.9. The lowest BCUT2D eigenvalue weighted by Gasteiger charge is -2.30. The van der Waals surface area contributed by atoms with Gasteiger partial charge in [0.1, 0.15) is 0 Å². The highest BCUT2D eigenvalue weighted by molar-refractivity contribution is 6.23. The zero-order valence-electron chi connectivity index (χ0n) is 38.2. The summed E-state index contributed by atoms with van der Waals surface area (Å²) in [4.78, 5) is 6.86. The molecule has 2 aliphatic carbocycles. The predicted octanol–water partition coefficient (Wildman–Crippen LogP) is 17.6. The fourth-order valence-electron chi connectivity index (χ4n) is 11.8. The summed E-state index contributed by atoms with van der Waals surface area (Å²) < 4.78 is 0. The molecule has 10 aromatic carbocycles. The van der Waals surface area contributed by atoms with E-state index in [1.165, 1.54) is 99.1 Å². The van der Waals surface area contributed by atoms with Crippen molar-refractivity contribution in [2.75, 3.05) is 4.90 Å². The van der Waals surface area contributed by atoms with Crippen molar-refractivity contribution in [2.45, 2.75) is 38.5 Å². The number of hydrogen-bond donors (Lipinski definition) is 0. The van der Waals surface area contributed by atoms with Crippen LogP contribution in [0.25, 0.3) is 88.0 Å². The summed E-state index contributed by atoms with van der Waals surface area (Å²) in [6.45, 7) is 9.55. The molecule has 2 aliphatic rings. The van der Waals surface area contributed by atoms with Crippen molar-refractivity contribution < 1.29 is 0 Å². The van der Waals surface area contributed by atoms with Gasteiger partial charge in [-0.2, -0.15) is 0 Å². The lowest BCUT2D eigenvalue weighted by atomic mass is 9.80. The van der Waals surface area contributed by atoms with E-state index in [-0.39, 0.29) is 10.8 Å². The van der Waals surface area contributed by atoms with Gasteiger partial charge in [-0.15, -0.1) is 0 Å². The van der Waals surface area contributed by atoms with Gasteiger partial charge in [-0.3, -0.25) is 4.98 Å². The van der Waals surface area contributed by atoms with E-state index in [4.69, 9.17) is 0 Å². The Balaban J connectivity index is 0.950. The summed E-state index contributed by atoms with van der Waals surface area (Å²) in [6.07, 6.45) is 3.77. The van der Waals surface area contributed by atoms with Crippen LogP contribution in [0.5, 0.6) is 0 Å². The van der Waals surface area contributed by atoms with Crippen LogP contribution >= 0.6 is 0 Å². The fourth-order valence-corrected chi connectivity index (χ4v) is 11.8. The van der Waals surface area contributed by atoms with Crippen molar-refractivity contribution in [1.29, 1.82) is 0 Å². The van der Waals surface area contributed by atoms with Crippen LogP contribution in [-0.4, -0.2) is 4.98 Å². The Bertz CT molecular complexity index is 3740. The molecule has 0 unspecified atom stereocenters. The van der Waals surface area contributed by atoms with Crippen LogP contribution in [0.1, 0.15) is 49.9 Å². The van der Waals surface area contributed by atoms with E-state index in [0.717, 1.165) is 28.2 Å². The molecule has 0 saturated heterocycles. The Morgan fingerprint density at radius 1 is 0.328 bits per heavy atom. The second-order valence-corrected chi connectivity index (χ2v) is 19.5. The van der Waals surface area contributed by atoms with E-state index >= 15 is 0 Å². The van der Waals surface area contributed by atoms with Gasteiger partial charge in [-0.25, -0.2) is 0 Å². The largest absolute Gasteiger partial charge is 0.310 e. The minimum atomic E-state index is -0.261. The molecule has 2 nitrogen and oxygen atoms in total. The van der Waals surface area contributed by atoms with Crippen LogP contribution in [0.2, 0.25) is 0 Å². The molecule has 0 aliphatic heterocycles. The number of rotatable bonds is 6. The Kier molecular flexibility index (Phi) is 8.64. The molecule has 13 rings (SSSR count). The second kappa shape index (κ2) is 14.7. The number of anilines is 3. The maximum atomic E-state index is 4.40. The van der Waals surface area contributed by atoms with Crippen molar-refractivity contribution in [3.63, 3.8) is 0 Å². The molecule has 0 N–H and O–H groups in total. The average molecular weight is 857 g/mol. The summed E-state index contributed by atoms with van der Waals surface area (Å²) >= 11 is 0. The van der Waals surface area contributed by atoms with Crippen LogP contribution in [0, 0.1) is 0 Å². The maximum absolute atomic E-state index is 4.40. The predicted molar refractivity (Wildman–Crippen MR) is 283 cm³/mol. The third-order valence-electron chi connectivity index (χ3n) is 15.1. The maximum Gasteiger partial charge on any atom is 0.0465 e. The van der Waals surface area contributed by atoms with Gasteiger partial charge in [-0.1, -0.05) is 185 Å². The van der Waals surface area contributed by atoms with Crippen molar-refractivity contribution in [3.8, 4) is 55.6 Å². The number of nitrogens with zero attached hydrogens (tertiary/aromatic N) is 2. The molecule has 0 fully saturated rings. The van der Waals surface area contributed by atoms with Crippen molar-refractivity contribution in [3.05, 3.63) is 241 Å². The molecule has 67 heavy (non-hydrogen) atoms. The standard InChI is InChI=1S/C65H48N2/c1-64(2)58-25-12-11-19-49(58)51-34-31-46(38-60(51)64)67(45-29-26-41(27-30-45)44-17-14-36-66-40-44)47-32-35-52-50-33-28-43(37-59(50)65(3,4)61(52)39-47)62-54-20-7-9-22-56(54)63(57-23-10-8-21-55(57)62)53-24-13-16-42-15-5-6-18-48(42)53/h5-40H,1-4H3. The molecule has 0 radical (unpaired) electrons. The van der Waals surface area contributed by atoms with Crippen LogP contribution in [0.3, 0.4) is 0 Å². The quantitative estimate of drug-likeness (QED) is 0.155. The van der Waals surface area contributed by atoms with E-state index in [9.17, 15) is 0 Å². The Morgan fingerprint density at radius 3 is 1.45 bits per heavy atom. The molecule has 0 spiro atoms. The molecule has 11 aromatic rings. The molecule has 0 atom stereocenters. The first-order valence-corrected chi connectivity index (χ1v) is 23.5. The highest BCUT2D eigenvalue weighted by Gasteiger charge is 2.38. The molecule has 1 heterocycles. The lowest BCUT2D eigenvalue weighted by molar-refractivity contribution is 0.660. The summed E-state index contributed by atoms with van der Waals surface area (Å²) in [5.74, 6) is 0. The lowest BCUT2D eigenvalue weighted by Crippen LogP contribution is -2.18. The van der Waals surface area contributed by atoms with Gasteiger partial charge in [-0.05, 0) is 159 Å². The first-order chi connectivity index (χ1) is 32.8. The van der Waals surface area contributed by atoms with Crippen LogP contribution < -0.4 is 4.90 Å². The molecule has 0 bridgehead atoms. The van der Waals surface area contributed by atoms with Gasteiger partial charge in [0.25, 0.3) is 0 Å². The van der Waals surface area contributed by atoms with Crippen molar-refractivity contribution in [1.82, 2.24) is 4.98 Å².